The van der Waals surface area contributed by atoms with Gasteiger partial charge in [0.15, 0.2) is 5.82 Å². The minimum atomic E-state index is -0.0691. The highest BCUT2D eigenvalue weighted by Gasteiger charge is 2.19. The fraction of sp³-hybridized carbons (Fsp3) is 0.133. The Morgan fingerprint density at radius 1 is 1.08 bits per heavy atom. The Hall–Kier alpha value is -2.94. The molecule has 2 N–H and O–H groups in total. The van der Waals surface area contributed by atoms with Gasteiger partial charge in [-0.3, -0.25) is 10.2 Å². The highest BCUT2D eigenvalue weighted by Crippen LogP contribution is 2.33. The number of hydrogen-bond acceptors (Lipinski definition) is 7. The van der Waals surface area contributed by atoms with Crippen molar-refractivity contribution in [1.29, 1.82) is 0 Å². The van der Waals surface area contributed by atoms with Crippen molar-refractivity contribution in [3.05, 3.63) is 48.5 Å². The van der Waals surface area contributed by atoms with Crippen LogP contribution in [0.15, 0.2) is 52.3 Å². The zero-order valence-electron chi connectivity index (χ0n) is 12.7. The molecule has 8 nitrogen and oxygen atoms in total. The summed E-state index contributed by atoms with van der Waals surface area (Å²) in [4.78, 5) is 8.87. The van der Waals surface area contributed by atoms with Gasteiger partial charge in [0.2, 0.25) is 16.9 Å². The lowest BCUT2D eigenvalue weighted by Gasteiger charge is -2.01. The molecule has 24 heavy (non-hydrogen) atoms. The monoisotopic (exact) mass is 339 g/mol. The van der Waals surface area contributed by atoms with Gasteiger partial charge in [-0.2, -0.15) is 15.1 Å². The lowest BCUT2D eigenvalue weighted by molar-refractivity contribution is 0.380. The summed E-state index contributed by atoms with van der Waals surface area (Å²) in [5.74, 6) is 1.75. The van der Waals surface area contributed by atoms with Gasteiger partial charge in [0.1, 0.15) is 5.69 Å². The van der Waals surface area contributed by atoms with Crippen molar-refractivity contribution in [1.82, 2.24) is 35.5 Å². The van der Waals surface area contributed by atoms with Crippen LogP contribution in [0.4, 0.5) is 0 Å². The maximum absolute atomic E-state index is 5.37. The fourth-order valence-electron chi connectivity index (χ4n) is 2.12. The van der Waals surface area contributed by atoms with E-state index in [4.69, 9.17) is 4.52 Å². The number of H-pyrrole nitrogens is 2. The predicted molar refractivity (Wildman–Crippen MR) is 88.0 cm³/mol. The van der Waals surface area contributed by atoms with Gasteiger partial charge >= 0.3 is 0 Å². The zero-order valence-corrected chi connectivity index (χ0v) is 13.5. The number of nitrogens with zero attached hydrogens (tertiary/aromatic N) is 5. The van der Waals surface area contributed by atoms with E-state index >= 15 is 0 Å². The third-order valence-electron chi connectivity index (χ3n) is 3.32. The molecule has 0 amide bonds. The summed E-state index contributed by atoms with van der Waals surface area (Å²) in [6.45, 7) is 1.97. The van der Waals surface area contributed by atoms with Crippen LogP contribution >= 0.6 is 11.8 Å². The van der Waals surface area contributed by atoms with Crippen LogP contribution in [0, 0.1) is 0 Å². The van der Waals surface area contributed by atoms with Crippen LogP contribution in [-0.2, 0) is 0 Å². The van der Waals surface area contributed by atoms with E-state index in [0.29, 0.717) is 22.7 Å². The van der Waals surface area contributed by atoms with Crippen molar-refractivity contribution >= 4 is 11.8 Å². The fourth-order valence-corrected chi connectivity index (χ4v) is 2.88. The lowest BCUT2D eigenvalue weighted by atomic mass is 10.2. The van der Waals surface area contributed by atoms with Crippen LogP contribution in [-0.4, -0.2) is 35.5 Å². The molecule has 0 saturated carbocycles. The van der Waals surface area contributed by atoms with Gasteiger partial charge in [-0.1, -0.05) is 47.3 Å². The molecule has 4 aromatic rings. The van der Waals surface area contributed by atoms with Crippen LogP contribution < -0.4 is 0 Å². The topological polar surface area (TPSA) is 109 Å². The number of benzene rings is 1. The van der Waals surface area contributed by atoms with Crippen molar-refractivity contribution in [3.8, 4) is 22.9 Å². The van der Waals surface area contributed by atoms with Crippen molar-refractivity contribution < 1.29 is 4.52 Å². The summed E-state index contributed by atoms with van der Waals surface area (Å²) in [7, 11) is 0. The van der Waals surface area contributed by atoms with Crippen molar-refractivity contribution in [2.45, 2.75) is 17.3 Å². The molecule has 3 aromatic heterocycles. The van der Waals surface area contributed by atoms with Gasteiger partial charge in [-0.05, 0) is 13.0 Å². The largest absolute Gasteiger partial charge is 0.338 e. The third kappa shape index (κ3) is 2.93. The van der Waals surface area contributed by atoms with Gasteiger partial charge in [0, 0.05) is 11.8 Å². The molecule has 4 rings (SSSR count). The number of aromatic nitrogens is 7. The van der Waals surface area contributed by atoms with Crippen LogP contribution in [0.2, 0.25) is 0 Å². The first kappa shape index (κ1) is 14.6. The standard InChI is InChI=1S/C15H13N7OS/c1-9(14-17-12(22-23-14)10-5-3-2-4-6-10)24-15-18-13(20-21-15)11-7-8-16-19-11/h2-9H,1H3,(H,16,19)(H,18,20,21). The van der Waals surface area contributed by atoms with E-state index < -0.39 is 0 Å². The number of thioether (sulfide) groups is 1. The van der Waals surface area contributed by atoms with Crippen molar-refractivity contribution in [3.63, 3.8) is 0 Å². The summed E-state index contributed by atoms with van der Waals surface area (Å²) in [6, 6.07) is 11.5. The molecule has 0 radical (unpaired) electrons. The molecular weight excluding hydrogens is 326 g/mol. The van der Waals surface area contributed by atoms with Crippen LogP contribution in [0.25, 0.3) is 22.9 Å². The average molecular weight is 339 g/mol. The maximum atomic E-state index is 5.37. The smallest absolute Gasteiger partial charge is 0.240 e. The molecule has 3 heterocycles. The van der Waals surface area contributed by atoms with Crippen molar-refractivity contribution in [2.75, 3.05) is 0 Å². The van der Waals surface area contributed by atoms with Crippen molar-refractivity contribution in [2.24, 2.45) is 0 Å². The molecule has 1 unspecified atom stereocenters. The average Bonchev–Trinajstić information content (AvgIpc) is 3.36. The normalized spacial score (nSPS) is 12.4. The SMILES string of the molecule is CC(Sc1n[nH]c(-c2ccn[nH]2)n1)c1nc(-c2ccccc2)no1. The Morgan fingerprint density at radius 2 is 1.96 bits per heavy atom. The Bertz CT molecular complexity index is 916. The molecule has 0 spiro atoms. The second-order valence-corrected chi connectivity index (χ2v) is 6.33. The van der Waals surface area contributed by atoms with Gasteiger partial charge in [-0.15, -0.1) is 5.10 Å². The van der Waals surface area contributed by atoms with Crippen LogP contribution in [0.1, 0.15) is 18.1 Å². The highest BCUT2D eigenvalue weighted by molar-refractivity contribution is 7.99. The van der Waals surface area contributed by atoms with E-state index in [1.54, 1.807) is 6.20 Å². The van der Waals surface area contributed by atoms with E-state index in [-0.39, 0.29) is 5.25 Å². The number of nitrogens with one attached hydrogen (secondary N) is 2. The third-order valence-corrected chi connectivity index (χ3v) is 4.27. The van der Waals surface area contributed by atoms with Gasteiger partial charge in [0.05, 0.1) is 5.25 Å². The molecule has 0 bridgehead atoms. The summed E-state index contributed by atoms with van der Waals surface area (Å²) in [5.41, 5.74) is 1.70. The predicted octanol–water partition coefficient (Wildman–Crippen LogP) is 3.10. The Labute approximate surface area is 141 Å². The first-order valence-corrected chi connectivity index (χ1v) is 8.15. The summed E-state index contributed by atoms with van der Waals surface area (Å²) >= 11 is 1.44. The summed E-state index contributed by atoms with van der Waals surface area (Å²) in [6.07, 6.45) is 1.66. The Morgan fingerprint density at radius 3 is 2.75 bits per heavy atom. The van der Waals surface area contributed by atoms with E-state index in [1.165, 1.54) is 11.8 Å². The minimum absolute atomic E-state index is 0.0691. The number of aromatic amines is 2. The number of hydrogen-bond donors (Lipinski definition) is 2. The molecule has 0 saturated heterocycles. The molecule has 1 atom stereocenters. The second kappa shape index (κ2) is 6.28. The zero-order chi connectivity index (χ0) is 16.4. The molecule has 120 valence electrons. The molecule has 9 heteroatoms. The number of rotatable bonds is 5. The lowest BCUT2D eigenvalue weighted by Crippen LogP contribution is -1.90. The van der Waals surface area contributed by atoms with E-state index in [0.717, 1.165) is 11.3 Å². The Kier molecular flexibility index (Phi) is 3.83. The van der Waals surface area contributed by atoms with Crippen LogP contribution in [0.5, 0.6) is 0 Å². The first-order chi connectivity index (χ1) is 11.8. The second-order valence-electron chi connectivity index (χ2n) is 5.02. The Balaban J connectivity index is 1.49. The molecule has 1 aromatic carbocycles. The highest BCUT2D eigenvalue weighted by atomic mass is 32.2. The summed E-state index contributed by atoms with van der Waals surface area (Å²) < 4.78 is 5.37. The minimum Gasteiger partial charge on any atom is -0.338 e. The van der Waals surface area contributed by atoms with E-state index in [2.05, 4.69) is 35.5 Å². The van der Waals surface area contributed by atoms with E-state index in [1.807, 2.05) is 43.3 Å². The van der Waals surface area contributed by atoms with Gasteiger partial charge in [0.25, 0.3) is 0 Å². The van der Waals surface area contributed by atoms with Crippen LogP contribution in [0.3, 0.4) is 0 Å². The summed E-state index contributed by atoms with van der Waals surface area (Å²) in [5, 5.41) is 18.4. The van der Waals surface area contributed by atoms with E-state index in [9.17, 15) is 0 Å². The molecule has 0 aliphatic rings. The van der Waals surface area contributed by atoms with Gasteiger partial charge < -0.3 is 4.52 Å². The maximum Gasteiger partial charge on any atom is 0.240 e. The quantitative estimate of drug-likeness (QED) is 0.538. The molecule has 0 fully saturated rings. The first-order valence-electron chi connectivity index (χ1n) is 7.27. The molecular formula is C15H13N7OS. The molecule has 0 aliphatic heterocycles. The van der Waals surface area contributed by atoms with Gasteiger partial charge in [-0.25, -0.2) is 0 Å². The molecule has 0 aliphatic carbocycles.